The molecule has 2 aliphatic heterocycles. The van der Waals surface area contributed by atoms with Gasteiger partial charge in [0, 0.05) is 25.4 Å². The fraction of sp³-hybridized carbons (Fsp3) is 0.400. The Labute approximate surface area is 187 Å². The van der Waals surface area contributed by atoms with E-state index >= 15 is 0 Å². The summed E-state index contributed by atoms with van der Waals surface area (Å²) in [6, 6.07) is 17.5. The van der Waals surface area contributed by atoms with Crippen molar-refractivity contribution < 1.29 is 14.4 Å². The van der Waals surface area contributed by atoms with E-state index in [4.69, 9.17) is 0 Å². The van der Waals surface area contributed by atoms with Crippen LogP contribution >= 0.6 is 11.8 Å². The highest BCUT2D eigenvalue weighted by atomic mass is 32.2. The molecule has 0 N–H and O–H groups in total. The predicted molar refractivity (Wildman–Crippen MR) is 123 cm³/mol. The molecule has 2 heterocycles. The maximum absolute atomic E-state index is 12.9. The Hall–Kier alpha value is -2.60. The van der Waals surface area contributed by atoms with Crippen LogP contribution in [0.4, 0.5) is 0 Å². The Morgan fingerprint density at radius 3 is 2.16 bits per heavy atom. The summed E-state index contributed by atoms with van der Waals surface area (Å²) < 4.78 is 0. The van der Waals surface area contributed by atoms with Crippen LogP contribution < -0.4 is 0 Å². The quantitative estimate of drug-likeness (QED) is 0.618. The first-order valence-corrected chi connectivity index (χ1v) is 12.0. The number of carbonyl (C=O) groups is 3. The van der Waals surface area contributed by atoms with Gasteiger partial charge in [-0.05, 0) is 49.8 Å². The fourth-order valence-corrected chi connectivity index (χ4v) is 5.33. The summed E-state index contributed by atoms with van der Waals surface area (Å²) >= 11 is 1.51. The lowest BCUT2D eigenvalue weighted by atomic mass is 9.90. The highest BCUT2D eigenvalue weighted by Crippen LogP contribution is 2.25. The Morgan fingerprint density at radius 2 is 1.55 bits per heavy atom. The van der Waals surface area contributed by atoms with Crippen LogP contribution in [0.1, 0.15) is 46.0 Å². The summed E-state index contributed by atoms with van der Waals surface area (Å²) in [5, 5.41) is -0.180. The Kier molecular flexibility index (Phi) is 6.76. The molecule has 6 heteroatoms. The van der Waals surface area contributed by atoms with Crippen LogP contribution in [0.15, 0.2) is 54.6 Å². The lowest BCUT2D eigenvalue weighted by Crippen LogP contribution is -2.42. The normalized spacial score (nSPS) is 17.7. The van der Waals surface area contributed by atoms with Gasteiger partial charge in [-0.15, -0.1) is 11.8 Å². The molecule has 1 unspecified atom stereocenters. The fourth-order valence-electron chi connectivity index (χ4n) is 4.40. The second kappa shape index (κ2) is 9.69. The third-order valence-corrected chi connectivity index (χ3v) is 7.32. The minimum Gasteiger partial charge on any atom is -0.342 e. The number of nitrogens with zero attached hydrogens (tertiary/aromatic N) is 2. The molecule has 0 saturated carbocycles. The van der Waals surface area contributed by atoms with Gasteiger partial charge in [0.15, 0.2) is 0 Å². The second-order valence-corrected chi connectivity index (χ2v) is 9.73. The lowest BCUT2D eigenvalue weighted by molar-refractivity contribution is -0.131. The molecule has 0 aliphatic carbocycles. The maximum atomic E-state index is 12.9. The van der Waals surface area contributed by atoms with Crippen LogP contribution in [0.25, 0.3) is 0 Å². The van der Waals surface area contributed by atoms with E-state index in [1.54, 1.807) is 24.3 Å². The average molecular weight is 437 g/mol. The number of hydrogen-bond acceptors (Lipinski definition) is 4. The van der Waals surface area contributed by atoms with Gasteiger partial charge in [0.25, 0.3) is 11.8 Å². The Balaban J connectivity index is 1.21. The number of rotatable bonds is 7. The van der Waals surface area contributed by atoms with E-state index < -0.39 is 0 Å². The summed E-state index contributed by atoms with van der Waals surface area (Å²) in [6.45, 7) is 3.86. The van der Waals surface area contributed by atoms with Gasteiger partial charge < -0.3 is 4.90 Å². The zero-order valence-corrected chi connectivity index (χ0v) is 18.6. The van der Waals surface area contributed by atoms with Crippen molar-refractivity contribution in [2.45, 2.75) is 31.4 Å². The molecule has 1 saturated heterocycles. The Morgan fingerprint density at radius 1 is 0.968 bits per heavy atom. The first kappa shape index (κ1) is 21.6. The Bertz CT molecular complexity index is 919. The SMILES string of the molecule is CC(SCCN1C(=O)c2ccccc2C1=O)C(=O)N1CCC(Cc2ccccc2)CC1. The highest BCUT2D eigenvalue weighted by molar-refractivity contribution is 8.00. The van der Waals surface area contributed by atoms with Crippen molar-refractivity contribution in [1.29, 1.82) is 0 Å². The van der Waals surface area contributed by atoms with E-state index in [2.05, 4.69) is 24.3 Å². The van der Waals surface area contributed by atoms with Gasteiger partial charge >= 0.3 is 0 Å². The van der Waals surface area contributed by atoms with Crippen LogP contribution in [-0.4, -0.2) is 58.2 Å². The third-order valence-electron chi connectivity index (χ3n) is 6.20. The van der Waals surface area contributed by atoms with Crippen LogP contribution in [0.2, 0.25) is 0 Å². The molecular formula is C25H28N2O3S. The van der Waals surface area contributed by atoms with Crippen molar-refractivity contribution in [1.82, 2.24) is 9.80 Å². The number of amides is 3. The van der Waals surface area contributed by atoms with Crippen LogP contribution in [0.5, 0.6) is 0 Å². The van der Waals surface area contributed by atoms with E-state index in [0.29, 0.717) is 29.3 Å². The molecule has 5 nitrogen and oxygen atoms in total. The van der Waals surface area contributed by atoms with Gasteiger partial charge in [-0.25, -0.2) is 0 Å². The number of benzene rings is 2. The zero-order chi connectivity index (χ0) is 21.8. The maximum Gasteiger partial charge on any atom is 0.261 e. The van der Waals surface area contributed by atoms with E-state index in [0.717, 1.165) is 32.4 Å². The van der Waals surface area contributed by atoms with Crippen molar-refractivity contribution in [2.75, 3.05) is 25.4 Å². The van der Waals surface area contributed by atoms with Crippen molar-refractivity contribution in [2.24, 2.45) is 5.92 Å². The molecule has 162 valence electrons. The smallest absolute Gasteiger partial charge is 0.261 e. The molecular weight excluding hydrogens is 408 g/mol. The van der Waals surface area contributed by atoms with Crippen LogP contribution in [-0.2, 0) is 11.2 Å². The number of piperidine rings is 1. The summed E-state index contributed by atoms with van der Waals surface area (Å²) in [4.78, 5) is 41.0. The summed E-state index contributed by atoms with van der Waals surface area (Å²) in [5.74, 6) is 0.873. The summed E-state index contributed by atoms with van der Waals surface area (Å²) in [6.07, 6.45) is 3.15. The highest BCUT2D eigenvalue weighted by Gasteiger charge is 2.35. The number of thioether (sulfide) groups is 1. The first-order chi connectivity index (χ1) is 15.0. The molecule has 2 aromatic rings. The average Bonchev–Trinajstić information content (AvgIpc) is 3.05. The molecule has 3 amide bonds. The predicted octanol–water partition coefficient (Wildman–Crippen LogP) is 3.89. The van der Waals surface area contributed by atoms with Crippen molar-refractivity contribution in [3.63, 3.8) is 0 Å². The minimum atomic E-state index is -0.235. The van der Waals surface area contributed by atoms with Gasteiger partial charge in [0.2, 0.25) is 5.91 Å². The number of likely N-dealkylation sites (tertiary alicyclic amines) is 1. The number of fused-ring (bicyclic) bond motifs is 1. The van der Waals surface area contributed by atoms with Crippen molar-refractivity contribution in [3.8, 4) is 0 Å². The molecule has 2 aliphatic rings. The number of carbonyl (C=O) groups excluding carboxylic acids is 3. The van der Waals surface area contributed by atoms with Gasteiger partial charge in [0.1, 0.15) is 0 Å². The minimum absolute atomic E-state index is 0.158. The second-order valence-electron chi connectivity index (χ2n) is 8.28. The molecule has 1 fully saturated rings. The summed E-state index contributed by atoms with van der Waals surface area (Å²) in [5.41, 5.74) is 2.31. The molecule has 0 aromatic heterocycles. The van der Waals surface area contributed by atoms with Gasteiger partial charge in [0.05, 0.1) is 16.4 Å². The monoisotopic (exact) mass is 436 g/mol. The molecule has 1 atom stereocenters. The first-order valence-electron chi connectivity index (χ1n) is 10.9. The van der Waals surface area contributed by atoms with Gasteiger partial charge in [-0.3, -0.25) is 19.3 Å². The van der Waals surface area contributed by atoms with Crippen LogP contribution in [0, 0.1) is 5.92 Å². The zero-order valence-electron chi connectivity index (χ0n) is 17.8. The molecule has 0 spiro atoms. The standard InChI is InChI=1S/C25H28N2O3S/c1-18(31-16-15-27-24(29)21-9-5-6-10-22(21)25(27)30)23(28)26-13-11-20(12-14-26)17-19-7-3-2-4-8-19/h2-10,18,20H,11-17H2,1H3. The van der Waals surface area contributed by atoms with Crippen molar-refractivity contribution in [3.05, 3.63) is 71.3 Å². The molecule has 0 radical (unpaired) electrons. The van der Waals surface area contributed by atoms with E-state index in [1.807, 2.05) is 17.9 Å². The van der Waals surface area contributed by atoms with Crippen LogP contribution in [0.3, 0.4) is 0 Å². The third kappa shape index (κ3) is 4.85. The number of hydrogen-bond donors (Lipinski definition) is 0. The molecule has 4 rings (SSSR count). The topological polar surface area (TPSA) is 57.7 Å². The molecule has 0 bridgehead atoms. The molecule has 2 aromatic carbocycles. The van der Waals surface area contributed by atoms with Crippen molar-refractivity contribution >= 4 is 29.5 Å². The van der Waals surface area contributed by atoms with Gasteiger partial charge in [-0.1, -0.05) is 42.5 Å². The van der Waals surface area contributed by atoms with E-state index in [1.165, 1.54) is 22.2 Å². The van der Waals surface area contributed by atoms with E-state index in [-0.39, 0.29) is 23.0 Å². The number of imide groups is 1. The molecule has 31 heavy (non-hydrogen) atoms. The lowest BCUT2D eigenvalue weighted by Gasteiger charge is -2.33. The summed E-state index contributed by atoms with van der Waals surface area (Å²) in [7, 11) is 0. The van der Waals surface area contributed by atoms with E-state index in [9.17, 15) is 14.4 Å². The largest absolute Gasteiger partial charge is 0.342 e. The van der Waals surface area contributed by atoms with Gasteiger partial charge in [-0.2, -0.15) is 0 Å².